The van der Waals surface area contributed by atoms with Crippen molar-refractivity contribution in [3.05, 3.63) is 47.5 Å². The lowest BCUT2D eigenvalue weighted by Crippen LogP contribution is -2.54. The van der Waals surface area contributed by atoms with Gasteiger partial charge in [0.05, 0.1) is 0 Å². The molecule has 162 valence electrons. The molecule has 0 bridgehead atoms. The first-order valence-electron chi connectivity index (χ1n) is 12.2. The van der Waals surface area contributed by atoms with Crippen LogP contribution >= 0.6 is 0 Å². The van der Waals surface area contributed by atoms with Crippen LogP contribution in [0.25, 0.3) is 0 Å². The molecular weight excluding hydrogens is 371 g/mol. The lowest BCUT2D eigenvalue weighted by Gasteiger charge is -2.59. The molecule has 1 nitrogen and oxygen atoms in total. The standard InChI is InChI=1S/C28H37FO/c1-19(30)28(18-20-7-5-4-6-8-20)16-13-25-23-10-9-21-17-22(29)11-14-26(21,2)24(23)12-15-27(25,28)3/h4-9,22-25H,10-18H2,1-3H3/t22?,23?,24?,25?,26?,27?,28-/m0/s1. The number of hydrogen-bond donors (Lipinski definition) is 0. The zero-order valence-corrected chi connectivity index (χ0v) is 18.9. The van der Waals surface area contributed by atoms with Crippen LogP contribution in [0.5, 0.6) is 0 Å². The molecule has 5 rings (SSSR count). The fraction of sp³-hybridized carbons (Fsp3) is 0.679. The smallest absolute Gasteiger partial charge is 0.136 e. The third-order valence-electron chi connectivity index (χ3n) is 10.4. The molecule has 0 amide bonds. The Kier molecular flexibility index (Phi) is 4.80. The highest BCUT2D eigenvalue weighted by molar-refractivity contribution is 5.84. The molecule has 1 aromatic carbocycles. The Morgan fingerprint density at radius 2 is 1.77 bits per heavy atom. The van der Waals surface area contributed by atoms with E-state index < -0.39 is 6.17 Å². The molecule has 0 N–H and O–H groups in total. The number of allylic oxidation sites excluding steroid dienone is 2. The van der Waals surface area contributed by atoms with Crippen LogP contribution in [-0.4, -0.2) is 12.0 Å². The van der Waals surface area contributed by atoms with E-state index in [-0.39, 0.29) is 16.2 Å². The SMILES string of the molecule is CC(=O)[C@@]1(Cc2ccccc2)CCC2C3CC=C4CC(F)CCC4(C)C3CCC21C. The monoisotopic (exact) mass is 408 g/mol. The number of hydrogen-bond acceptors (Lipinski definition) is 1. The van der Waals surface area contributed by atoms with Crippen LogP contribution in [0.3, 0.4) is 0 Å². The summed E-state index contributed by atoms with van der Waals surface area (Å²) in [7, 11) is 0. The molecule has 3 fully saturated rings. The van der Waals surface area contributed by atoms with Crippen molar-refractivity contribution in [3.8, 4) is 0 Å². The van der Waals surface area contributed by atoms with Crippen LogP contribution in [0.2, 0.25) is 0 Å². The van der Waals surface area contributed by atoms with Gasteiger partial charge in [0, 0.05) is 11.8 Å². The molecule has 0 spiro atoms. The average molecular weight is 409 g/mol. The van der Waals surface area contributed by atoms with Gasteiger partial charge in [0.15, 0.2) is 0 Å². The van der Waals surface area contributed by atoms with Crippen molar-refractivity contribution in [2.75, 3.05) is 0 Å². The zero-order chi connectivity index (χ0) is 21.1. The number of halogens is 1. The van der Waals surface area contributed by atoms with Crippen molar-refractivity contribution in [2.45, 2.75) is 84.7 Å². The van der Waals surface area contributed by atoms with Crippen LogP contribution in [0.4, 0.5) is 4.39 Å². The number of rotatable bonds is 3. The molecule has 0 saturated heterocycles. The van der Waals surface area contributed by atoms with Crippen LogP contribution in [0.1, 0.15) is 77.7 Å². The number of Topliss-reactive ketones (excluding diaryl/α,β-unsaturated/α-hetero) is 1. The molecular formula is C28H37FO. The Morgan fingerprint density at radius 1 is 1.03 bits per heavy atom. The fourth-order valence-electron chi connectivity index (χ4n) is 8.69. The molecule has 0 aliphatic heterocycles. The molecule has 0 aromatic heterocycles. The van der Waals surface area contributed by atoms with Crippen LogP contribution < -0.4 is 0 Å². The molecule has 7 atom stereocenters. The first-order valence-corrected chi connectivity index (χ1v) is 12.2. The van der Waals surface area contributed by atoms with Gasteiger partial charge in [-0.1, -0.05) is 55.8 Å². The highest BCUT2D eigenvalue weighted by atomic mass is 19.1. The van der Waals surface area contributed by atoms with Crippen molar-refractivity contribution < 1.29 is 9.18 Å². The van der Waals surface area contributed by atoms with E-state index in [4.69, 9.17) is 0 Å². The Morgan fingerprint density at radius 3 is 2.50 bits per heavy atom. The maximum Gasteiger partial charge on any atom is 0.136 e. The summed E-state index contributed by atoms with van der Waals surface area (Å²) in [6.07, 6.45) is 10.7. The van der Waals surface area contributed by atoms with Gasteiger partial charge in [-0.25, -0.2) is 4.39 Å². The summed E-state index contributed by atoms with van der Waals surface area (Å²) >= 11 is 0. The summed E-state index contributed by atoms with van der Waals surface area (Å²) in [5.41, 5.74) is 2.75. The van der Waals surface area contributed by atoms with Gasteiger partial charge in [-0.3, -0.25) is 4.79 Å². The molecule has 0 heterocycles. The minimum absolute atomic E-state index is 0.0782. The van der Waals surface area contributed by atoms with Crippen molar-refractivity contribution in [3.63, 3.8) is 0 Å². The number of fused-ring (bicyclic) bond motifs is 5. The van der Waals surface area contributed by atoms with E-state index in [2.05, 4.69) is 50.3 Å². The predicted octanol–water partition coefficient (Wildman–Crippen LogP) is 7.11. The van der Waals surface area contributed by atoms with E-state index in [0.29, 0.717) is 30.0 Å². The van der Waals surface area contributed by atoms with Gasteiger partial charge >= 0.3 is 0 Å². The summed E-state index contributed by atoms with van der Waals surface area (Å²) in [4.78, 5) is 13.3. The van der Waals surface area contributed by atoms with Crippen LogP contribution in [0, 0.1) is 34.0 Å². The Bertz CT molecular complexity index is 859. The highest BCUT2D eigenvalue weighted by Gasteiger charge is 2.65. The maximum absolute atomic E-state index is 14.1. The number of benzene rings is 1. The first-order chi connectivity index (χ1) is 14.3. The summed E-state index contributed by atoms with van der Waals surface area (Å²) in [6, 6.07) is 10.7. The van der Waals surface area contributed by atoms with Gasteiger partial charge in [-0.05, 0) is 92.4 Å². The molecule has 0 radical (unpaired) electrons. The Labute approximate surface area is 181 Å². The van der Waals surface area contributed by atoms with Gasteiger partial charge < -0.3 is 0 Å². The molecule has 30 heavy (non-hydrogen) atoms. The predicted molar refractivity (Wildman–Crippen MR) is 120 cm³/mol. The van der Waals surface area contributed by atoms with E-state index in [9.17, 15) is 9.18 Å². The number of alkyl halides is 1. The second-order valence-corrected chi connectivity index (χ2v) is 11.4. The van der Waals surface area contributed by atoms with Crippen molar-refractivity contribution >= 4 is 5.78 Å². The number of carbonyl (C=O) groups is 1. The third-order valence-corrected chi connectivity index (χ3v) is 10.4. The van der Waals surface area contributed by atoms with E-state index in [1.54, 1.807) is 0 Å². The minimum atomic E-state index is -0.641. The van der Waals surface area contributed by atoms with Gasteiger partial charge in [-0.15, -0.1) is 0 Å². The highest BCUT2D eigenvalue weighted by Crippen LogP contribution is 2.70. The minimum Gasteiger partial charge on any atom is -0.299 e. The van der Waals surface area contributed by atoms with E-state index in [0.717, 1.165) is 38.5 Å². The fourth-order valence-corrected chi connectivity index (χ4v) is 8.69. The Hall–Kier alpha value is -1.44. The third kappa shape index (κ3) is 2.74. The van der Waals surface area contributed by atoms with Gasteiger partial charge in [0.2, 0.25) is 0 Å². The average Bonchev–Trinajstić information content (AvgIpc) is 3.03. The van der Waals surface area contributed by atoms with Crippen molar-refractivity contribution in [1.29, 1.82) is 0 Å². The summed E-state index contributed by atoms with van der Waals surface area (Å²) in [6.45, 7) is 6.73. The largest absolute Gasteiger partial charge is 0.299 e. The molecule has 3 saturated carbocycles. The topological polar surface area (TPSA) is 17.1 Å². The molecule has 6 unspecified atom stereocenters. The van der Waals surface area contributed by atoms with Crippen molar-refractivity contribution in [1.82, 2.24) is 0 Å². The first kappa shape index (κ1) is 20.5. The molecule has 4 aliphatic rings. The second-order valence-electron chi connectivity index (χ2n) is 11.4. The summed E-state index contributed by atoms with van der Waals surface area (Å²) in [5.74, 6) is 2.33. The lowest BCUT2D eigenvalue weighted by atomic mass is 9.45. The summed E-state index contributed by atoms with van der Waals surface area (Å²) in [5, 5.41) is 0. The van der Waals surface area contributed by atoms with Gasteiger partial charge in [0.1, 0.15) is 12.0 Å². The molecule has 2 heteroatoms. The van der Waals surface area contributed by atoms with E-state index >= 15 is 0 Å². The van der Waals surface area contributed by atoms with Crippen molar-refractivity contribution in [2.24, 2.45) is 34.0 Å². The summed E-state index contributed by atoms with van der Waals surface area (Å²) < 4.78 is 14.1. The van der Waals surface area contributed by atoms with E-state index in [1.807, 2.05) is 6.92 Å². The quantitative estimate of drug-likeness (QED) is 0.487. The molecule has 1 aromatic rings. The number of ketones is 1. The normalized spacial score (nSPS) is 45.1. The zero-order valence-electron chi connectivity index (χ0n) is 18.9. The molecule has 4 aliphatic carbocycles. The number of carbonyl (C=O) groups excluding carboxylic acids is 1. The maximum atomic E-state index is 14.1. The van der Waals surface area contributed by atoms with Gasteiger partial charge in [0.25, 0.3) is 0 Å². The lowest BCUT2D eigenvalue weighted by molar-refractivity contribution is -0.140. The van der Waals surface area contributed by atoms with Crippen LogP contribution in [0.15, 0.2) is 42.0 Å². The van der Waals surface area contributed by atoms with Gasteiger partial charge in [-0.2, -0.15) is 0 Å². The Balaban J connectivity index is 1.50. The second kappa shape index (κ2) is 7.04. The van der Waals surface area contributed by atoms with E-state index in [1.165, 1.54) is 24.0 Å². The van der Waals surface area contributed by atoms with Crippen LogP contribution in [-0.2, 0) is 11.2 Å².